The third-order valence-electron chi connectivity index (χ3n) is 0. The molecule has 0 heterocycles. The van der Waals surface area contributed by atoms with E-state index < -0.39 is 0 Å². The number of rotatable bonds is 0. The van der Waals surface area contributed by atoms with Crippen LogP contribution in [0.1, 0.15) is 0 Å². The summed E-state index contributed by atoms with van der Waals surface area (Å²) in [6.45, 7) is 0. The Bertz CT molecular complexity index is 6.00. The van der Waals surface area contributed by atoms with E-state index in [2.05, 4.69) is 0 Å². The molecule has 0 unspecified atom stereocenters. The Labute approximate surface area is 56.5 Å². The fourth-order valence-electron chi connectivity index (χ4n) is 0. The van der Waals surface area contributed by atoms with Crippen molar-refractivity contribution < 1.29 is 56.5 Å². The summed E-state index contributed by atoms with van der Waals surface area (Å²) in [5.41, 5.74) is 0. The molecular formula is H2Br2FeO. The van der Waals surface area contributed by atoms with Crippen molar-refractivity contribution in [3.05, 3.63) is 0 Å². The summed E-state index contributed by atoms with van der Waals surface area (Å²) < 4.78 is 0. The Morgan fingerprint density at radius 3 is 0.750 bits per heavy atom. The van der Waals surface area contributed by atoms with Crippen molar-refractivity contribution in [1.82, 2.24) is 0 Å². The van der Waals surface area contributed by atoms with Gasteiger partial charge in [0, 0.05) is 0 Å². The second kappa shape index (κ2) is 25.3. The van der Waals surface area contributed by atoms with Crippen LogP contribution >= 0.6 is 0 Å². The summed E-state index contributed by atoms with van der Waals surface area (Å²) in [5.74, 6) is 0. The molecule has 0 amide bonds. The summed E-state index contributed by atoms with van der Waals surface area (Å²) >= 11 is 0. The molecule has 0 saturated carbocycles. The Morgan fingerprint density at radius 2 is 0.750 bits per heavy atom. The molecule has 0 aromatic carbocycles. The van der Waals surface area contributed by atoms with Crippen molar-refractivity contribution in [3.8, 4) is 0 Å². The number of hydrogen-bond acceptors (Lipinski definition) is 0. The van der Waals surface area contributed by atoms with E-state index in [1.807, 2.05) is 0 Å². The smallest absolute Gasteiger partial charge is 1.00 e. The predicted molar refractivity (Wildman–Crippen MR) is 3.61 cm³/mol. The van der Waals surface area contributed by atoms with Crippen LogP contribution in [0.25, 0.3) is 0 Å². The third-order valence-corrected chi connectivity index (χ3v) is 0. The minimum atomic E-state index is 0. The van der Waals surface area contributed by atoms with Gasteiger partial charge in [-0.15, -0.1) is 0 Å². The van der Waals surface area contributed by atoms with Crippen LogP contribution < -0.4 is 34.0 Å². The fourth-order valence-corrected chi connectivity index (χ4v) is 0. The monoisotopic (exact) mass is 232 g/mol. The maximum absolute atomic E-state index is 0. The van der Waals surface area contributed by atoms with Gasteiger partial charge in [0.2, 0.25) is 0 Å². The topological polar surface area (TPSA) is 31.5 Å². The van der Waals surface area contributed by atoms with E-state index in [0.29, 0.717) is 0 Å². The normalized spacial score (nSPS) is 0. The Hall–Kier alpha value is 1.44. The molecule has 4 heteroatoms. The van der Waals surface area contributed by atoms with Crippen LogP contribution in [0.15, 0.2) is 0 Å². The summed E-state index contributed by atoms with van der Waals surface area (Å²) in [6, 6.07) is 0. The van der Waals surface area contributed by atoms with Gasteiger partial charge in [-0.2, -0.15) is 0 Å². The molecule has 1 nitrogen and oxygen atoms in total. The first-order valence-electron chi connectivity index (χ1n) is 0. The van der Waals surface area contributed by atoms with Crippen molar-refractivity contribution in [2.24, 2.45) is 0 Å². The van der Waals surface area contributed by atoms with E-state index in [1.54, 1.807) is 0 Å². The Balaban J connectivity index is 0. The maximum atomic E-state index is 0. The molecule has 0 aromatic heterocycles. The van der Waals surface area contributed by atoms with Crippen LogP contribution in [0.4, 0.5) is 0 Å². The summed E-state index contributed by atoms with van der Waals surface area (Å²) in [7, 11) is 0. The zero-order valence-corrected chi connectivity index (χ0v) is 5.89. The van der Waals surface area contributed by atoms with Crippen LogP contribution in [0.5, 0.6) is 0 Å². The molecule has 4 heavy (non-hydrogen) atoms. The van der Waals surface area contributed by atoms with Gasteiger partial charge in [0.1, 0.15) is 0 Å². The molecule has 0 fully saturated rings. The second-order valence-corrected chi connectivity index (χ2v) is 0. The standard InChI is InChI=1S/2BrH.Fe.H2O/h2*1H;;1H2/q;;+2;/p-2. The predicted octanol–water partition coefficient (Wildman–Crippen LogP) is -6.82. The molecule has 0 saturated heterocycles. The van der Waals surface area contributed by atoms with Gasteiger partial charge in [0.15, 0.2) is 0 Å². The van der Waals surface area contributed by atoms with E-state index in [0.717, 1.165) is 0 Å². The Morgan fingerprint density at radius 1 is 0.750 bits per heavy atom. The molecule has 0 aliphatic rings. The van der Waals surface area contributed by atoms with Gasteiger partial charge in [-0.1, -0.05) is 0 Å². The van der Waals surface area contributed by atoms with E-state index in [4.69, 9.17) is 0 Å². The zero-order valence-electron chi connectivity index (χ0n) is 1.61. The molecule has 0 aliphatic carbocycles. The first-order chi connectivity index (χ1) is 0. The summed E-state index contributed by atoms with van der Waals surface area (Å²) in [6.07, 6.45) is 0. The largest absolute Gasteiger partial charge is 2.00 e. The maximum Gasteiger partial charge on any atom is 2.00 e. The summed E-state index contributed by atoms with van der Waals surface area (Å²) in [5, 5.41) is 0. The van der Waals surface area contributed by atoms with Crippen LogP contribution in [-0.4, -0.2) is 5.48 Å². The summed E-state index contributed by atoms with van der Waals surface area (Å²) in [4.78, 5) is 0. The van der Waals surface area contributed by atoms with E-state index in [9.17, 15) is 0 Å². The molecule has 0 radical (unpaired) electrons. The van der Waals surface area contributed by atoms with Gasteiger partial charge in [0.05, 0.1) is 0 Å². The fraction of sp³-hybridized carbons (Fsp3) is 0. The van der Waals surface area contributed by atoms with E-state index in [1.165, 1.54) is 0 Å². The molecule has 0 rings (SSSR count). The quantitative estimate of drug-likeness (QED) is 0.373. The first-order valence-corrected chi connectivity index (χ1v) is 0. The van der Waals surface area contributed by atoms with Gasteiger partial charge < -0.3 is 39.4 Å². The van der Waals surface area contributed by atoms with Gasteiger partial charge in [0.25, 0.3) is 0 Å². The van der Waals surface area contributed by atoms with Crippen molar-refractivity contribution in [2.75, 3.05) is 0 Å². The van der Waals surface area contributed by atoms with Crippen molar-refractivity contribution in [2.45, 2.75) is 0 Å². The average molecular weight is 234 g/mol. The molecule has 0 aliphatic heterocycles. The van der Waals surface area contributed by atoms with Crippen LogP contribution in [-0.2, 0) is 17.1 Å². The molecule has 0 atom stereocenters. The van der Waals surface area contributed by atoms with Crippen LogP contribution in [0.2, 0.25) is 0 Å². The molecule has 0 aromatic rings. The van der Waals surface area contributed by atoms with Crippen molar-refractivity contribution in [1.29, 1.82) is 0 Å². The third kappa shape index (κ3) is 9.88. The van der Waals surface area contributed by atoms with Crippen LogP contribution in [0, 0.1) is 0 Å². The molecule has 0 spiro atoms. The molecule has 0 bridgehead atoms. The minimum absolute atomic E-state index is 0. The van der Waals surface area contributed by atoms with Gasteiger partial charge in [-0.25, -0.2) is 0 Å². The first kappa shape index (κ1) is 51.7. The average Bonchev–Trinajstić information content (AvgIpc) is 0. The molecular weight excluding hydrogens is 232 g/mol. The van der Waals surface area contributed by atoms with E-state index >= 15 is 0 Å². The molecule has 2 N–H and O–H groups in total. The van der Waals surface area contributed by atoms with Crippen LogP contribution in [0.3, 0.4) is 0 Å². The van der Waals surface area contributed by atoms with Crippen molar-refractivity contribution >= 4 is 0 Å². The minimum Gasteiger partial charge on any atom is -1.00 e. The zero-order chi connectivity index (χ0) is 0. The number of halogens is 2. The molecule has 30 valence electrons. The van der Waals surface area contributed by atoms with Gasteiger partial charge in [-0.05, 0) is 0 Å². The second-order valence-electron chi connectivity index (χ2n) is 0. The van der Waals surface area contributed by atoms with Crippen molar-refractivity contribution in [3.63, 3.8) is 0 Å². The Kier molecular flexibility index (Phi) is 328. The SMILES string of the molecule is O.[Br-].[Br-].[Fe+2]. The van der Waals surface area contributed by atoms with Gasteiger partial charge >= 0.3 is 17.1 Å². The number of hydrogen-bond donors (Lipinski definition) is 0. The van der Waals surface area contributed by atoms with E-state index in [-0.39, 0.29) is 56.5 Å². The van der Waals surface area contributed by atoms with Gasteiger partial charge in [-0.3, -0.25) is 0 Å².